The summed E-state index contributed by atoms with van der Waals surface area (Å²) in [7, 11) is 0. The maximum absolute atomic E-state index is 13.8. The molecule has 0 spiro atoms. The molecule has 3 saturated heterocycles. The Hall–Kier alpha value is -3.21. The summed E-state index contributed by atoms with van der Waals surface area (Å²) in [6.07, 6.45) is 3.43. The van der Waals surface area contributed by atoms with Gasteiger partial charge in [-0.25, -0.2) is 0 Å². The van der Waals surface area contributed by atoms with E-state index >= 15 is 0 Å². The molecule has 2 aliphatic carbocycles. The number of benzene rings is 2. The average Bonchev–Trinajstić information content (AvgIpc) is 3.19. The zero-order valence-electron chi connectivity index (χ0n) is 19.6. The normalized spacial score (nSPS) is 31.7. The van der Waals surface area contributed by atoms with Crippen LogP contribution in [0.3, 0.4) is 0 Å². The summed E-state index contributed by atoms with van der Waals surface area (Å²) < 4.78 is 0. The highest BCUT2D eigenvalue weighted by Crippen LogP contribution is 2.48. The van der Waals surface area contributed by atoms with Crippen LogP contribution in [0.1, 0.15) is 47.6 Å². The van der Waals surface area contributed by atoms with Crippen molar-refractivity contribution >= 4 is 11.8 Å². The summed E-state index contributed by atoms with van der Waals surface area (Å²) in [4.78, 5) is 32.8. The third-order valence-corrected chi connectivity index (χ3v) is 8.93. The number of nitriles is 1. The second kappa shape index (κ2) is 7.64. The first-order valence-electron chi connectivity index (χ1n) is 12.7. The van der Waals surface area contributed by atoms with Gasteiger partial charge < -0.3 is 15.5 Å². The molecule has 6 atom stereocenters. The maximum atomic E-state index is 13.8. The SMILES string of the molecule is N#C[C@@H]1C[C@@H]2CC2N1C(=O)[C@@H](N)CN1C[C@@H]2C[C@H]1C(=O)N2C1c2ccccc2Cc2ccccc21. The van der Waals surface area contributed by atoms with Crippen LogP contribution in [0.25, 0.3) is 0 Å². The minimum atomic E-state index is -0.707. The molecule has 7 rings (SSSR count). The van der Waals surface area contributed by atoms with Gasteiger partial charge in [0.1, 0.15) is 6.04 Å². The molecule has 7 heteroatoms. The summed E-state index contributed by atoms with van der Waals surface area (Å²) in [6.45, 7) is 1.09. The van der Waals surface area contributed by atoms with Gasteiger partial charge in [0.25, 0.3) is 0 Å². The van der Waals surface area contributed by atoms with Crippen LogP contribution in [0.2, 0.25) is 0 Å². The Bertz CT molecular complexity index is 1220. The molecule has 3 aliphatic heterocycles. The lowest BCUT2D eigenvalue weighted by Crippen LogP contribution is -2.57. The number of piperidine rings is 1. The van der Waals surface area contributed by atoms with Crippen LogP contribution in [0.5, 0.6) is 0 Å². The highest BCUT2D eigenvalue weighted by molar-refractivity contribution is 5.88. The number of carbonyl (C=O) groups excluding carboxylic acids is 2. The fourth-order valence-corrected chi connectivity index (χ4v) is 7.24. The molecule has 35 heavy (non-hydrogen) atoms. The first kappa shape index (κ1) is 21.1. The molecule has 2 N–H and O–H groups in total. The van der Waals surface area contributed by atoms with Crippen molar-refractivity contribution in [3.05, 3.63) is 70.8 Å². The molecule has 0 aromatic heterocycles. The topological polar surface area (TPSA) is 93.7 Å². The standard InChI is InChI=1S/C28H29N5O2/c29-13-19-10-18-11-24(18)32(19)27(34)23(30)15-31-14-20-12-25(31)28(35)33(20)26-21-7-3-1-5-16(21)9-17-6-2-4-8-22(17)26/h1-8,18-20,23-26H,9-12,14-15,30H2/t18-,19+,20+,23+,24?,25+/m1/s1. The van der Waals surface area contributed by atoms with E-state index in [0.29, 0.717) is 12.5 Å². The van der Waals surface area contributed by atoms with Crippen molar-refractivity contribution in [2.24, 2.45) is 11.7 Å². The number of rotatable bonds is 4. The Morgan fingerprint density at radius 1 is 1.06 bits per heavy atom. The molecule has 2 aromatic rings. The second-order valence-corrected chi connectivity index (χ2v) is 10.9. The number of hydrogen-bond donors (Lipinski definition) is 1. The number of hydrogen-bond acceptors (Lipinski definition) is 5. The summed E-state index contributed by atoms with van der Waals surface area (Å²) >= 11 is 0. The summed E-state index contributed by atoms with van der Waals surface area (Å²) in [6, 6.07) is 18.1. The molecule has 178 valence electrons. The van der Waals surface area contributed by atoms with Crippen LogP contribution in [0.15, 0.2) is 48.5 Å². The summed E-state index contributed by atoms with van der Waals surface area (Å²) in [5.74, 6) is 0.467. The number of likely N-dealkylation sites (tertiary alicyclic amines) is 3. The fraction of sp³-hybridized carbons (Fsp3) is 0.464. The number of fused-ring (bicyclic) bond motifs is 5. The van der Waals surface area contributed by atoms with Gasteiger partial charge in [-0.05, 0) is 53.9 Å². The smallest absolute Gasteiger partial charge is 0.242 e. The van der Waals surface area contributed by atoms with E-state index in [1.165, 1.54) is 22.3 Å². The zero-order chi connectivity index (χ0) is 23.8. The molecule has 1 saturated carbocycles. The van der Waals surface area contributed by atoms with E-state index in [0.717, 1.165) is 32.2 Å². The van der Waals surface area contributed by atoms with Gasteiger partial charge in [0.15, 0.2) is 0 Å². The highest BCUT2D eigenvalue weighted by atomic mass is 16.2. The van der Waals surface area contributed by atoms with Gasteiger partial charge >= 0.3 is 0 Å². The first-order valence-corrected chi connectivity index (χ1v) is 12.7. The second-order valence-electron chi connectivity index (χ2n) is 10.9. The largest absolute Gasteiger partial charge is 0.326 e. The van der Waals surface area contributed by atoms with Gasteiger partial charge in [-0.15, -0.1) is 0 Å². The monoisotopic (exact) mass is 467 g/mol. The van der Waals surface area contributed by atoms with Crippen molar-refractivity contribution in [3.8, 4) is 6.07 Å². The summed E-state index contributed by atoms with van der Waals surface area (Å²) in [5.41, 5.74) is 11.4. The lowest BCUT2D eigenvalue weighted by atomic mass is 9.81. The van der Waals surface area contributed by atoms with Crippen molar-refractivity contribution in [1.82, 2.24) is 14.7 Å². The fourth-order valence-electron chi connectivity index (χ4n) is 7.24. The zero-order valence-corrected chi connectivity index (χ0v) is 19.6. The maximum Gasteiger partial charge on any atom is 0.242 e. The van der Waals surface area contributed by atoms with Crippen molar-refractivity contribution in [3.63, 3.8) is 0 Å². The first-order chi connectivity index (χ1) is 17.0. The molecule has 2 bridgehead atoms. The van der Waals surface area contributed by atoms with E-state index in [4.69, 9.17) is 5.73 Å². The molecular formula is C28H29N5O2. The third kappa shape index (κ3) is 3.10. The van der Waals surface area contributed by atoms with E-state index < -0.39 is 6.04 Å². The molecule has 2 amide bonds. The molecule has 2 aromatic carbocycles. The Labute approximate surface area is 205 Å². The van der Waals surface area contributed by atoms with Gasteiger partial charge in [0, 0.05) is 25.2 Å². The number of nitrogens with two attached hydrogens (primary N) is 1. The van der Waals surface area contributed by atoms with Crippen LogP contribution >= 0.6 is 0 Å². The van der Waals surface area contributed by atoms with Crippen molar-refractivity contribution in [2.45, 2.75) is 61.9 Å². The van der Waals surface area contributed by atoms with E-state index in [9.17, 15) is 14.9 Å². The van der Waals surface area contributed by atoms with Crippen LogP contribution < -0.4 is 5.73 Å². The Kier molecular flexibility index (Phi) is 4.61. The minimum absolute atomic E-state index is 0.0658. The van der Waals surface area contributed by atoms with Crippen LogP contribution in [0.4, 0.5) is 0 Å². The van der Waals surface area contributed by atoms with Gasteiger partial charge in [0.2, 0.25) is 11.8 Å². The van der Waals surface area contributed by atoms with Crippen LogP contribution in [-0.4, -0.2) is 69.8 Å². The number of piperazine rings is 1. The number of amides is 2. The lowest BCUT2D eigenvalue weighted by molar-refractivity contribution is -0.140. The van der Waals surface area contributed by atoms with Crippen molar-refractivity contribution < 1.29 is 9.59 Å². The predicted molar refractivity (Wildman–Crippen MR) is 129 cm³/mol. The minimum Gasteiger partial charge on any atom is -0.326 e. The molecular weight excluding hydrogens is 438 g/mol. The van der Waals surface area contributed by atoms with Crippen LogP contribution in [-0.2, 0) is 16.0 Å². The molecule has 4 fully saturated rings. The Balaban J connectivity index is 1.11. The molecule has 1 unspecified atom stereocenters. The van der Waals surface area contributed by atoms with E-state index in [1.54, 1.807) is 4.90 Å². The van der Waals surface area contributed by atoms with Gasteiger partial charge in [-0.1, -0.05) is 48.5 Å². The van der Waals surface area contributed by atoms with Gasteiger partial charge in [-0.3, -0.25) is 14.5 Å². The van der Waals surface area contributed by atoms with Gasteiger partial charge in [0.05, 0.1) is 24.2 Å². The van der Waals surface area contributed by atoms with Crippen molar-refractivity contribution in [2.75, 3.05) is 13.1 Å². The van der Waals surface area contributed by atoms with E-state index in [1.807, 2.05) is 0 Å². The average molecular weight is 468 g/mol. The molecule has 0 radical (unpaired) electrons. The predicted octanol–water partition coefficient (Wildman–Crippen LogP) is 1.81. The molecule has 7 nitrogen and oxygen atoms in total. The Morgan fingerprint density at radius 2 is 1.74 bits per heavy atom. The number of nitrogens with zero attached hydrogens (tertiary/aromatic N) is 4. The Morgan fingerprint density at radius 3 is 2.40 bits per heavy atom. The number of carbonyl (C=O) groups is 2. The third-order valence-electron chi connectivity index (χ3n) is 8.93. The van der Waals surface area contributed by atoms with Crippen LogP contribution in [0, 0.1) is 17.2 Å². The quantitative estimate of drug-likeness (QED) is 0.740. The molecule has 3 heterocycles. The summed E-state index contributed by atoms with van der Waals surface area (Å²) in [5, 5.41) is 9.46. The van der Waals surface area contributed by atoms with Crippen molar-refractivity contribution in [1.29, 1.82) is 5.26 Å². The van der Waals surface area contributed by atoms with Gasteiger partial charge in [-0.2, -0.15) is 5.26 Å². The molecule has 5 aliphatic rings. The lowest BCUT2D eigenvalue weighted by Gasteiger charge is -2.42. The van der Waals surface area contributed by atoms with E-state index in [-0.39, 0.29) is 42.0 Å². The van der Waals surface area contributed by atoms with E-state index in [2.05, 4.69) is 64.4 Å². The highest BCUT2D eigenvalue weighted by Gasteiger charge is 2.56.